The van der Waals surface area contributed by atoms with Crippen LogP contribution in [0.25, 0.3) is 10.8 Å². The number of benzene rings is 2. The summed E-state index contributed by atoms with van der Waals surface area (Å²) in [6.45, 7) is 5.43. The normalized spacial score (nSPS) is 12.7. The number of alkyl carbamates (subject to hydrolysis) is 1. The minimum absolute atomic E-state index is 0.240. The van der Waals surface area contributed by atoms with Crippen LogP contribution in [0, 0.1) is 0 Å². The molecular formula is C18H22N2O2S. The summed E-state index contributed by atoms with van der Waals surface area (Å²) in [4.78, 5) is 12.2. The van der Waals surface area contributed by atoms with Gasteiger partial charge in [-0.3, -0.25) is 0 Å². The third-order valence-electron chi connectivity index (χ3n) is 3.29. The summed E-state index contributed by atoms with van der Waals surface area (Å²) in [5.41, 5.74) is 6.26. The quantitative estimate of drug-likeness (QED) is 0.841. The van der Waals surface area contributed by atoms with E-state index in [0.29, 0.717) is 6.42 Å². The Labute approximate surface area is 142 Å². The van der Waals surface area contributed by atoms with Gasteiger partial charge in [0.25, 0.3) is 0 Å². The van der Waals surface area contributed by atoms with E-state index in [1.54, 1.807) is 0 Å². The smallest absolute Gasteiger partial charge is 0.408 e. The highest BCUT2D eigenvalue weighted by molar-refractivity contribution is 7.80. The molecule has 0 aliphatic carbocycles. The standard InChI is InChI=1S/C18H22N2O2S/c1-18(2,3)22-17(21)20-15(16(19)23)11-12-8-9-13-6-4-5-7-14(13)10-12/h4-10,15H,11H2,1-3H3,(H2,19,23)(H,20,21). The first-order valence-electron chi connectivity index (χ1n) is 7.51. The molecular weight excluding hydrogens is 308 g/mol. The van der Waals surface area contributed by atoms with Gasteiger partial charge in [0.2, 0.25) is 0 Å². The zero-order valence-electron chi connectivity index (χ0n) is 13.6. The van der Waals surface area contributed by atoms with Crippen LogP contribution in [0.4, 0.5) is 4.79 Å². The predicted octanol–water partition coefficient (Wildman–Crippen LogP) is 3.56. The number of carbonyl (C=O) groups is 1. The summed E-state index contributed by atoms with van der Waals surface area (Å²) >= 11 is 5.08. The average Bonchev–Trinajstić information content (AvgIpc) is 2.44. The van der Waals surface area contributed by atoms with Gasteiger partial charge >= 0.3 is 6.09 Å². The molecule has 23 heavy (non-hydrogen) atoms. The molecule has 1 amide bonds. The van der Waals surface area contributed by atoms with Gasteiger partial charge in [-0.2, -0.15) is 0 Å². The Morgan fingerprint density at radius 3 is 2.48 bits per heavy atom. The van der Waals surface area contributed by atoms with Gasteiger partial charge in [-0.25, -0.2) is 4.79 Å². The van der Waals surface area contributed by atoms with E-state index in [0.717, 1.165) is 10.9 Å². The Balaban J connectivity index is 2.11. The second kappa shape index (κ2) is 6.96. The third kappa shape index (κ3) is 5.21. The summed E-state index contributed by atoms with van der Waals surface area (Å²) in [6.07, 6.45) is 0.00968. The lowest BCUT2D eigenvalue weighted by atomic mass is 10.0. The van der Waals surface area contributed by atoms with Crippen LogP contribution in [0.3, 0.4) is 0 Å². The van der Waals surface area contributed by atoms with E-state index in [9.17, 15) is 4.79 Å². The molecule has 2 rings (SSSR count). The third-order valence-corrected chi connectivity index (χ3v) is 3.57. The highest BCUT2D eigenvalue weighted by Crippen LogP contribution is 2.17. The van der Waals surface area contributed by atoms with Gasteiger partial charge in [-0.1, -0.05) is 54.7 Å². The van der Waals surface area contributed by atoms with Crippen molar-refractivity contribution in [1.29, 1.82) is 0 Å². The Morgan fingerprint density at radius 2 is 1.87 bits per heavy atom. The van der Waals surface area contributed by atoms with E-state index >= 15 is 0 Å². The monoisotopic (exact) mass is 330 g/mol. The molecule has 5 heteroatoms. The fourth-order valence-corrected chi connectivity index (χ4v) is 2.42. The van der Waals surface area contributed by atoms with Crippen LogP contribution < -0.4 is 11.1 Å². The number of carbonyl (C=O) groups excluding carboxylic acids is 1. The lowest BCUT2D eigenvalue weighted by molar-refractivity contribution is 0.0518. The van der Waals surface area contributed by atoms with Crippen molar-refractivity contribution in [3.63, 3.8) is 0 Å². The van der Waals surface area contributed by atoms with E-state index in [1.807, 2.05) is 39.0 Å². The van der Waals surface area contributed by atoms with Crippen LogP contribution in [0.1, 0.15) is 26.3 Å². The van der Waals surface area contributed by atoms with E-state index in [1.165, 1.54) is 5.39 Å². The average molecular weight is 330 g/mol. The number of amides is 1. The molecule has 2 aromatic rings. The van der Waals surface area contributed by atoms with E-state index in [2.05, 4.69) is 29.6 Å². The highest BCUT2D eigenvalue weighted by Gasteiger charge is 2.21. The predicted molar refractivity (Wildman–Crippen MR) is 97.6 cm³/mol. The number of hydrogen-bond acceptors (Lipinski definition) is 3. The lowest BCUT2D eigenvalue weighted by Crippen LogP contribution is -2.46. The number of fused-ring (bicyclic) bond motifs is 1. The number of nitrogens with two attached hydrogens (primary N) is 1. The number of thiocarbonyl (C=S) groups is 1. The first-order valence-corrected chi connectivity index (χ1v) is 7.92. The van der Waals surface area contributed by atoms with Crippen molar-refractivity contribution in [1.82, 2.24) is 5.32 Å². The van der Waals surface area contributed by atoms with E-state index in [-0.39, 0.29) is 4.99 Å². The molecule has 0 fully saturated rings. The lowest BCUT2D eigenvalue weighted by Gasteiger charge is -2.23. The Bertz CT molecular complexity index is 722. The summed E-state index contributed by atoms with van der Waals surface area (Å²) in [7, 11) is 0. The van der Waals surface area contributed by atoms with Gasteiger partial charge in [0, 0.05) is 0 Å². The van der Waals surface area contributed by atoms with Crippen molar-refractivity contribution in [2.45, 2.75) is 38.8 Å². The molecule has 2 aromatic carbocycles. The summed E-state index contributed by atoms with van der Waals surface area (Å²) < 4.78 is 5.26. The number of rotatable bonds is 4. The summed E-state index contributed by atoms with van der Waals surface area (Å²) in [5.74, 6) is 0. The Hall–Kier alpha value is -2.14. The van der Waals surface area contributed by atoms with Gasteiger partial charge < -0.3 is 15.8 Å². The molecule has 0 aromatic heterocycles. The van der Waals surface area contributed by atoms with Crippen molar-refractivity contribution >= 4 is 34.1 Å². The first-order chi connectivity index (χ1) is 10.7. The summed E-state index contributed by atoms with van der Waals surface area (Å²) in [6, 6.07) is 13.8. The molecule has 122 valence electrons. The highest BCUT2D eigenvalue weighted by atomic mass is 32.1. The van der Waals surface area contributed by atoms with Crippen molar-refractivity contribution in [3.8, 4) is 0 Å². The van der Waals surface area contributed by atoms with E-state index < -0.39 is 17.7 Å². The van der Waals surface area contributed by atoms with Crippen LogP contribution >= 0.6 is 12.2 Å². The zero-order chi connectivity index (χ0) is 17.0. The van der Waals surface area contributed by atoms with Crippen LogP contribution in [-0.4, -0.2) is 22.7 Å². The zero-order valence-corrected chi connectivity index (χ0v) is 14.4. The maximum absolute atomic E-state index is 11.9. The molecule has 0 aliphatic heterocycles. The SMILES string of the molecule is CC(C)(C)OC(=O)NC(Cc1ccc2ccccc2c1)C(N)=S. The van der Waals surface area contributed by atoms with Crippen LogP contribution in [0.15, 0.2) is 42.5 Å². The molecule has 3 N–H and O–H groups in total. The summed E-state index contributed by atoms with van der Waals surface area (Å²) in [5, 5.41) is 5.05. The minimum atomic E-state index is -0.562. The van der Waals surface area contributed by atoms with E-state index in [4.69, 9.17) is 22.7 Å². The molecule has 1 unspecified atom stereocenters. The van der Waals surface area contributed by atoms with Gasteiger partial charge in [-0.15, -0.1) is 0 Å². The molecule has 0 radical (unpaired) electrons. The maximum atomic E-state index is 11.9. The molecule has 1 atom stereocenters. The van der Waals surface area contributed by atoms with Crippen molar-refractivity contribution in [2.75, 3.05) is 0 Å². The van der Waals surface area contributed by atoms with Crippen LogP contribution in [0.5, 0.6) is 0 Å². The van der Waals surface area contributed by atoms with Gasteiger partial charge in [-0.05, 0) is 43.5 Å². The second-order valence-corrected chi connectivity index (χ2v) is 6.96. The molecule has 4 nitrogen and oxygen atoms in total. The van der Waals surface area contributed by atoms with Gasteiger partial charge in [0.15, 0.2) is 0 Å². The molecule has 0 bridgehead atoms. The number of hydrogen-bond donors (Lipinski definition) is 2. The number of ether oxygens (including phenoxy) is 1. The van der Waals surface area contributed by atoms with Crippen molar-refractivity contribution < 1.29 is 9.53 Å². The Kier molecular flexibility index (Phi) is 5.21. The minimum Gasteiger partial charge on any atom is -0.444 e. The Morgan fingerprint density at radius 1 is 1.22 bits per heavy atom. The van der Waals surface area contributed by atoms with Crippen molar-refractivity contribution in [3.05, 3.63) is 48.0 Å². The maximum Gasteiger partial charge on any atom is 0.408 e. The first kappa shape index (κ1) is 17.2. The second-order valence-electron chi connectivity index (χ2n) is 6.49. The fourth-order valence-electron chi connectivity index (χ4n) is 2.27. The van der Waals surface area contributed by atoms with Crippen LogP contribution in [-0.2, 0) is 11.2 Å². The molecule has 0 spiro atoms. The number of nitrogens with one attached hydrogen (secondary N) is 1. The van der Waals surface area contributed by atoms with Crippen molar-refractivity contribution in [2.24, 2.45) is 5.73 Å². The van der Waals surface area contributed by atoms with Gasteiger partial charge in [0.05, 0.1) is 11.0 Å². The topological polar surface area (TPSA) is 64.3 Å². The fraction of sp³-hybridized carbons (Fsp3) is 0.333. The largest absolute Gasteiger partial charge is 0.444 e. The van der Waals surface area contributed by atoms with Crippen LogP contribution in [0.2, 0.25) is 0 Å². The van der Waals surface area contributed by atoms with Gasteiger partial charge in [0.1, 0.15) is 5.60 Å². The molecule has 0 aliphatic rings. The molecule has 0 heterocycles. The molecule has 0 saturated heterocycles. The molecule has 0 saturated carbocycles.